The summed E-state index contributed by atoms with van der Waals surface area (Å²) < 4.78 is 21.8. The molecule has 21 radical (unpaired) electrons. The fourth-order valence-corrected chi connectivity index (χ4v) is 9.06. The van der Waals surface area contributed by atoms with Crippen molar-refractivity contribution in [3.8, 4) is 0 Å². The van der Waals surface area contributed by atoms with Crippen LogP contribution in [0.5, 0.6) is 0 Å². The number of Topliss-reactive ketones (excluding diaryl/α,β-unsaturated/α-hetero) is 1. The van der Waals surface area contributed by atoms with Gasteiger partial charge in [-0.3, -0.25) is 9.36 Å². The first kappa shape index (κ1) is 130. The van der Waals surface area contributed by atoms with Crippen molar-refractivity contribution >= 4 is 19.5 Å². The Labute approximate surface area is 882 Å². The van der Waals surface area contributed by atoms with E-state index in [1.807, 2.05) is 0 Å². The van der Waals surface area contributed by atoms with E-state index in [4.69, 9.17) is 14.2 Å². The molecule has 29 heteroatoms. The summed E-state index contributed by atoms with van der Waals surface area (Å²) in [6.45, 7) is 8.71. The minimum atomic E-state index is -3.38. The number of carbonyl (C=O) groups is 2. The number of unbranched alkanes of at least 4 members (excludes halogenated alkanes) is 3. The number of ketones is 1. The molecule has 273 valence electrons. The number of carbonyl (C=O) groups excluding carboxylic acids is 2. The second kappa shape index (κ2) is 71.5. The number of ether oxygens (including phenoxy) is 1. The Morgan fingerprint density at radius 3 is 1.66 bits per heavy atom. The van der Waals surface area contributed by atoms with Crippen LogP contribution in [0.1, 0.15) is 97.8 Å². The maximum Gasteiger partial charge on any atom is 0.407 e. The van der Waals surface area contributed by atoms with Crippen LogP contribution in [0.3, 0.4) is 0 Å². The van der Waals surface area contributed by atoms with E-state index in [1.165, 1.54) is 31.5 Å². The molecule has 4 rings (SSSR count). The number of nitrogens with one attached hydrogen (secondary N) is 1. The van der Waals surface area contributed by atoms with Crippen LogP contribution >= 0.6 is 7.60 Å². The third kappa shape index (κ3) is 46.3. The Morgan fingerprint density at radius 1 is 0.707 bits per heavy atom. The summed E-state index contributed by atoms with van der Waals surface area (Å²) in [7, 11) is -3.38. The molecule has 0 spiro atoms. The molecule has 4 aliphatic rings. The first-order valence-corrected chi connectivity index (χ1v) is 16.6. The summed E-state index contributed by atoms with van der Waals surface area (Å²) in [5.74, 6) is 2.65. The molecule has 0 heterocycles. The molecule has 3 saturated carbocycles. The minimum absolute atomic E-state index is 0. The summed E-state index contributed by atoms with van der Waals surface area (Å²) in [6, 6.07) is 0. The third-order valence-corrected chi connectivity index (χ3v) is 11.2. The maximum atomic E-state index is 12.4. The van der Waals surface area contributed by atoms with Gasteiger partial charge in [0.15, 0.2) is 0 Å². The summed E-state index contributed by atoms with van der Waals surface area (Å²) in [4.78, 5) is 33.9. The minimum Gasteiger partial charge on any atom is -0.446 e. The van der Waals surface area contributed by atoms with Gasteiger partial charge in [-0.25, -0.2) is 4.79 Å². The first-order valence-electron chi connectivity index (χ1n) is 14.5. The molecule has 0 aromatic heterocycles. The fourth-order valence-electron chi connectivity index (χ4n) is 8.59. The molecule has 7 nitrogen and oxygen atoms in total. The molecule has 0 saturated heterocycles. The van der Waals surface area contributed by atoms with Gasteiger partial charge in [-0.05, 0) is 93.3 Å². The van der Waals surface area contributed by atoms with Gasteiger partial charge >= 0.3 is 13.7 Å². The average molecular weight is 2400 g/mol. The topological polar surface area (TPSA) is 102 Å². The number of alkyl carbamates (subject to hydrolysis) is 1. The second-order valence-electron chi connectivity index (χ2n) is 12.8. The van der Waals surface area contributed by atoms with E-state index in [1.54, 1.807) is 6.92 Å². The predicted octanol–water partition coefficient (Wildman–Crippen LogP) is 6.59. The Hall–Kier alpha value is 22.0. The number of amides is 1. The van der Waals surface area contributed by atoms with Crippen LogP contribution in [0.25, 0.3) is 0 Å². The van der Waals surface area contributed by atoms with Crippen molar-refractivity contribution in [2.24, 2.45) is 34.5 Å². The van der Waals surface area contributed by atoms with Gasteiger partial charge in [0.05, 0.1) is 6.61 Å². The van der Waals surface area contributed by atoms with E-state index in [-0.39, 0.29) is 722 Å². The molecule has 0 aliphatic heterocycles. The molecule has 2 N–H and O–H groups in total. The molecule has 4 aliphatic carbocycles. The third-order valence-electron chi connectivity index (χ3n) is 10.5. The van der Waals surface area contributed by atoms with Gasteiger partial charge in [0, 0.05) is 712 Å². The van der Waals surface area contributed by atoms with Crippen LogP contribution in [0.15, 0.2) is 11.6 Å². The number of hydrogen-bond acceptors (Lipinski definition) is 5. The summed E-state index contributed by atoms with van der Waals surface area (Å²) in [5, 5.41) is 2.89. The number of allylic oxidation sites excluding steroid dienone is 1. The summed E-state index contributed by atoms with van der Waals surface area (Å²) >= 11 is 0. The summed E-state index contributed by atoms with van der Waals surface area (Å²) in [6.07, 6.45) is 14.1. The molecule has 8 atom stereocenters. The largest absolute Gasteiger partial charge is 0.446 e. The van der Waals surface area contributed by atoms with Crippen molar-refractivity contribution in [2.45, 2.75) is 104 Å². The van der Waals surface area contributed by atoms with Crippen LogP contribution < -0.4 is 5.32 Å². The van der Waals surface area contributed by atoms with Gasteiger partial charge in [-0.2, -0.15) is 0 Å². The Balaban J connectivity index is -0.0000000476. The normalized spacial score (nSPS) is 24.5. The van der Waals surface area contributed by atoms with Gasteiger partial charge in [-0.15, -0.1) is 0 Å². The zero-order valence-corrected chi connectivity index (χ0v) is 95.9. The monoisotopic (exact) mass is 2400 g/mol. The number of rotatable bonds is 10. The molecule has 1 unspecified atom stereocenters. The van der Waals surface area contributed by atoms with Crippen molar-refractivity contribution in [3.63, 3.8) is 0 Å². The van der Waals surface area contributed by atoms with Crippen LogP contribution in [0.4, 0.5) is 4.79 Å². The van der Waals surface area contributed by atoms with Gasteiger partial charge < -0.3 is 19.5 Å². The van der Waals surface area contributed by atoms with E-state index < -0.39 is 7.60 Å². The predicted molar refractivity (Wildman–Crippen MR) is 144 cm³/mol. The van der Waals surface area contributed by atoms with Crippen molar-refractivity contribution in [1.29, 1.82) is 0 Å². The Bertz CT molecular complexity index is 984. The van der Waals surface area contributed by atoms with Gasteiger partial charge in [0.2, 0.25) is 0 Å². The van der Waals surface area contributed by atoms with E-state index in [9.17, 15) is 14.2 Å². The molecule has 0 bridgehead atoms. The van der Waals surface area contributed by atoms with E-state index in [0.29, 0.717) is 30.1 Å². The summed E-state index contributed by atoms with van der Waals surface area (Å²) in [5.41, 5.74) is 1.87. The van der Waals surface area contributed by atoms with Crippen molar-refractivity contribution in [1.82, 2.24) is 5.32 Å². The average Bonchev–Trinajstić information content (AvgIpc) is 3.18. The number of fused-ring (bicyclic) bond motifs is 5. The standard InChI is InChI=1S/C29H48NO6P.21Y/c1-20(31)24-11-12-25-23-10-9-21-19-22(13-15-28(21,2)26(23)14-16-29(24,25)3)36-27(32)30-17-7-5-6-8-18-35-37(4,33)34;;;;;;;;;;;;;;;;;;;;;/h9,22-26H,5-8,10-19H2,1-4H3,(H,30,32)(H,33,34);;;;;;;;;;;;;;;;;;;;;/t22-,23-,24+,25-,26-,28-,29+;;;;;;;;;;;;;;;;;;;;;/m0...................../s1. The van der Waals surface area contributed by atoms with Crippen molar-refractivity contribution in [3.05, 3.63) is 11.6 Å². The molecular formula is C29H48NO6PY21. The molecular weight excluding hydrogens is 2360 g/mol. The maximum absolute atomic E-state index is 12.4. The van der Waals surface area contributed by atoms with Gasteiger partial charge in [0.1, 0.15) is 11.9 Å². The molecule has 1 amide bonds. The second-order valence-corrected chi connectivity index (χ2v) is 14.7. The van der Waals surface area contributed by atoms with Crippen molar-refractivity contribution < 1.29 is 715 Å². The molecule has 3 fully saturated rings. The molecule has 0 aromatic rings. The number of hydrogen-bond donors (Lipinski definition) is 2. The molecule has 0 aromatic carbocycles. The Kier molecular flexibility index (Phi) is 160. The van der Waals surface area contributed by atoms with E-state index in [2.05, 4.69) is 25.2 Å². The Morgan fingerprint density at radius 2 is 1.19 bits per heavy atom. The van der Waals surface area contributed by atoms with Crippen LogP contribution in [-0.2, 0) is 706 Å². The van der Waals surface area contributed by atoms with E-state index >= 15 is 0 Å². The fraction of sp³-hybridized carbons (Fsp3) is 0.862. The van der Waals surface area contributed by atoms with Crippen LogP contribution in [-0.4, -0.2) is 42.7 Å². The zero-order valence-electron chi connectivity index (χ0n) is 35.4. The zero-order chi connectivity index (χ0) is 26.8. The van der Waals surface area contributed by atoms with E-state index in [0.717, 1.165) is 57.8 Å². The molecule has 58 heavy (non-hydrogen) atoms. The smallest absolute Gasteiger partial charge is 0.407 e. The SMILES string of the molecule is CC(=O)[C@H]1CC[C@H]2[C@@H]3CC=C4C[C@@H](OC(=O)NCCCCCCOP(C)(=O)O)CC[C@]4(C)[C@H]3CC[C@]12C.[Y].[Y].[Y].[Y].[Y].[Y].[Y].[Y].[Y].[Y].[Y].[Y].[Y].[Y].[Y].[Y].[Y].[Y].[Y].[Y].[Y]. The van der Waals surface area contributed by atoms with Gasteiger partial charge in [0.25, 0.3) is 0 Å². The van der Waals surface area contributed by atoms with Crippen LogP contribution in [0, 0.1) is 34.5 Å². The quantitative estimate of drug-likeness (QED) is 0.146. The van der Waals surface area contributed by atoms with Crippen molar-refractivity contribution in [2.75, 3.05) is 19.8 Å². The first-order chi connectivity index (χ1) is 17.4. The van der Waals surface area contributed by atoms with Crippen LogP contribution in [0.2, 0.25) is 0 Å². The van der Waals surface area contributed by atoms with Gasteiger partial charge in [-0.1, -0.05) is 38.3 Å².